The normalized spacial score (nSPS) is 13.5. The maximum atomic E-state index is 11.6. The molecule has 21 heavy (non-hydrogen) atoms. The lowest BCUT2D eigenvalue weighted by atomic mass is 10.1. The molecule has 1 amide bonds. The Kier molecular flexibility index (Phi) is 7.99. The summed E-state index contributed by atoms with van der Waals surface area (Å²) in [5.74, 6) is -4.58. The van der Waals surface area contributed by atoms with E-state index >= 15 is 0 Å². The molecule has 0 fully saturated rings. The van der Waals surface area contributed by atoms with Gasteiger partial charge in [-0.1, -0.05) is 13.8 Å². The van der Waals surface area contributed by atoms with Gasteiger partial charge in [-0.15, -0.1) is 0 Å². The van der Waals surface area contributed by atoms with Crippen molar-refractivity contribution >= 4 is 23.8 Å². The van der Waals surface area contributed by atoms with Gasteiger partial charge in [-0.3, -0.25) is 19.7 Å². The molecule has 0 radical (unpaired) electrons. The zero-order valence-electron chi connectivity index (χ0n) is 11.8. The molecule has 5 N–H and O–H groups in total. The second kappa shape index (κ2) is 8.90. The molecule has 0 rings (SSSR count). The van der Waals surface area contributed by atoms with Gasteiger partial charge in [0.05, 0.1) is 6.54 Å². The molecule has 0 aliphatic carbocycles. The maximum absolute atomic E-state index is 11.6. The summed E-state index contributed by atoms with van der Waals surface area (Å²) in [6.45, 7) is 2.96. The van der Waals surface area contributed by atoms with Gasteiger partial charge < -0.3 is 20.6 Å². The minimum Gasteiger partial charge on any atom is -0.481 e. The van der Waals surface area contributed by atoms with E-state index in [-0.39, 0.29) is 18.9 Å². The Morgan fingerprint density at radius 2 is 1.57 bits per heavy atom. The first kappa shape index (κ1) is 18.8. The lowest BCUT2D eigenvalue weighted by Gasteiger charge is -2.19. The van der Waals surface area contributed by atoms with E-state index in [0.29, 0.717) is 0 Å². The fraction of sp³-hybridized carbons (Fsp3) is 0.667. The van der Waals surface area contributed by atoms with Crippen molar-refractivity contribution in [3.63, 3.8) is 0 Å². The fourth-order valence-corrected chi connectivity index (χ4v) is 1.58. The van der Waals surface area contributed by atoms with Crippen LogP contribution < -0.4 is 10.6 Å². The number of nitrogens with one attached hydrogen (secondary N) is 2. The van der Waals surface area contributed by atoms with Crippen LogP contribution in [0.25, 0.3) is 0 Å². The second-order valence-electron chi connectivity index (χ2n) is 4.83. The molecule has 0 aliphatic heterocycles. The molecule has 0 spiro atoms. The summed E-state index contributed by atoms with van der Waals surface area (Å²) in [6.07, 6.45) is -0.642. The lowest BCUT2D eigenvalue weighted by molar-refractivity contribution is -0.144. The molecule has 0 aromatic heterocycles. The summed E-state index contributed by atoms with van der Waals surface area (Å²) in [5, 5.41) is 30.9. The summed E-state index contributed by atoms with van der Waals surface area (Å²) in [6, 6.07) is -2.25. The van der Waals surface area contributed by atoms with E-state index in [4.69, 9.17) is 15.3 Å². The number of hydrogen-bond acceptors (Lipinski definition) is 5. The van der Waals surface area contributed by atoms with Gasteiger partial charge in [0.1, 0.15) is 12.1 Å². The van der Waals surface area contributed by atoms with Crippen LogP contribution in [0.3, 0.4) is 0 Å². The van der Waals surface area contributed by atoms with Crippen LogP contribution in [-0.4, -0.2) is 57.8 Å². The highest BCUT2D eigenvalue weighted by atomic mass is 16.4. The molecule has 0 heterocycles. The molecule has 0 aromatic rings. The first-order valence-electron chi connectivity index (χ1n) is 6.35. The van der Waals surface area contributed by atoms with Crippen LogP contribution in [0.1, 0.15) is 26.7 Å². The van der Waals surface area contributed by atoms with E-state index in [1.807, 2.05) is 0 Å². The van der Waals surface area contributed by atoms with Crippen LogP contribution >= 0.6 is 0 Å². The highest BCUT2D eigenvalue weighted by Gasteiger charge is 2.24. The van der Waals surface area contributed by atoms with Gasteiger partial charge in [0.25, 0.3) is 0 Å². The molecule has 9 heteroatoms. The largest absolute Gasteiger partial charge is 0.481 e. The second-order valence-corrected chi connectivity index (χ2v) is 4.83. The number of hydrogen-bond donors (Lipinski definition) is 5. The Morgan fingerprint density at radius 1 is 1.00 bits per heavy atom. The van der Waals surface area contributed by atoms with Gasteiger partial charge in [-0.25, -0.2) is 4.79 Å². The van der Waals surface area contributed by atoms with Gasteiger partial charge in [0.2, 0.25) is 5.91 Å². The van der Waals surface area contributed by atoms with Crippen LogP contribution in [0.15, 0.2) is 0 Å². The summed E-state index contributed by atoms with van der Waals surface area (Å²) < 4.78 is 0. The molecule has 0 bridgehead atoms. The minimum absolute atomic E-state index is 0.247. The molecule has 0 saturated heterocycles. The minimum atomic E-state index is -1.34. The lowest BCUT2D eigenvalue weighted by Crippen LogP contribution is -2.49. The van der Waals surface area contributed by atoms with Gasteiger partial charge in [-0.05, 0) is 12.3 Å². The van der Waals surface area contributed by atoms with Crippen molar-refractivity contribution in [2.75, 3.05) is 6.54 Å². The average molecular weight is 304 g/mol. The molecule has 0 saturated carbocycles. The Balaban J connectivity index is 4.40. The van der Waals surface area contributed by atoms with Gasteiger partial charge >= 0.3 is 17.9 Å². The van der Waals surface area contributed by atoms with E-state index in [1.54, 1.807) is 13.8 Å². The Morgan fingerprint density at radius 3 is 1.95 bits per heavy atom. The first-order valence-corrected chi connectivity index (χ1v) is 6.35. The molecule has 0 aliphatic rings. The Hall–Kier alpha value is -2.16. The number of carbonyl (C=O) groups excluding carboxylic acids is 1. The van der Waals surface area contributed by atoms with Crippen molar-refractivity contribution < 1.29 is 34.5 Å². The molecule has 0 unspecified atom stereocenters. The molecular formula is C12H20N2O7. The zero-order valence-corrected chi connectivity index (χ0v) is 11.8. The monoisotopic (exact) mass is 304 g/mol. The third kappa shape index (κ3) is 7.88. The summed E-state index contributed by atoms with van der Waals surface area (Å²) in [7, 11) is 0. The predicted octanol–water partition coefficient (Wildman–Crippen LogP) is -0.881. The Bertz CT molecular complexity index is 408. The van der Waals surface area contributed by atoms with Crippen LogP contribution in [0.4, 0.5) is 0 Å². The molecule has 9 nitrogen and oxygen atoms in total. The van der Waals surface area contributed by atoms with E-state index < -0.39 is 42.3 Å². The molecular weight excluding hydrogens is 284 g/mol. The van der Waals surface area contributed by atoms with Crippen molar-refractivity contribution in [1.82, 2.24) is 10.6 Å². The van der Waals surface area contributed by atoms with Crippen molar-refractivity contribution in [2.45, 2.75) is 38.8 Å². The third-order valence-electron chi connectivity index (χ3n) is 2.70. The van der Waals surface area contributed by atoms with Crippen LogP contribution in [-0.2, 0) is 19.2 Å². The number of amides is 1. The summed E-state index contributed by atoms with van der Waals surface area (Å²) >= 11 is 0. The quantitative estimate of drug-likeness (QED) is 0.349. The van der Waals surface area contributed by atoms with Crippen LogP contribution in [0, 0.1) is 5.92 Å². The first-order chi connectivity index (χ1) is 9.65. The van der Waals surface area contributed by atoms with E-state index in [9.17, 15) is 19.2 Å². The number of rotatable bonds is 10. The van der Waals surface area contributed by atoms with E-state index in [0.717, 1.165) is 0 Å². The Labute approximate surface area is 121 Å². The standard InChI is InChI=1S/C12H20N2O7/c1-6(2)10(12(20)21)13-5-8(15)14-7(11(18)19)3-4-9(16)17/h6-7,10,13H,3-5H2,1-2H3,(H,14,15)(H,16,17)(H,18,19)(H,20,21)/t7-,10-/m0/s1. The highest BCUT2D eigenvalue weighted by molar-refractivity contribution is 5.85. The topological polar surface area (TPSA) is 153 Å². The average Bonchev–Trinajstić information content (AvgIpc) is 2.32. The third-order valence-corrected chi connectivity index (χ3v) is 2.70. The molecule has 2 atom stereocenters. The predicted molar refractivity (Wildman–Crippen MR) is 70.7 cm³/mol. The summed E-state index contributed by atoms with van der Waals surface area (Å²) in [4.78, 5) is 43.8. The maximum Gasteiger partial charge on any atom is 0.326 e. The van der Waals surface area contributed by atoms with Gasteiger partial charge in [0.15, 0.2) is 0 Å². The van der Waals surface area contributed by atoms with Crippen molar-refractivity contribution in [3.8, 4) is 0 Å². The zero-order chi connectivity index (χ0) is 16.6. The van der Waals surface area contributed by atoms with Crippen LogP contribution in [0.2, 0.25) is 0 Å². The number of carboxylic acid groups (broad SMARTS) is 3. The van der Waals surface area contributed by atoms with E-state index in [1.165, 1.54) is 0 Å². The smallest absolute Gasteiger partial charge is 0.326 e. The van der Waals surface area contributed by atoms with Gasteiger partial charge in [-0.2, -0.15) is 0 Å². The number of carbonyl (C=O) groups is 4. The molecule has 120 valence electrons. The molecule has 0 aromatic carbocycles. The number of carboxylic acids is 3. The van der Waals surface area contributed by atoms with Crippen molar-refractivity contribution in [1.29, 1.82) is 0 Å². The number of aliphatic carboxylic acids is 3. The van der Waals surface area contributed by atoms with Crippen molar-refractivity contribution in [3.05, 3.63) is 0 Å². The van der Waals surface area contributed by atoms with Crippen LogP contribution in [0.5, 0.6) is 0 Å². The highest BCUT2D eigenvalue weighted by Crippen LogP contribution is 2.01. The fourth-order valence-electron chi connectivity index (χ4n) is 1.58. The van der Waals surface area contributed by atoms with Crippen molar-refractivity contribution in [2.24, 2.45) is 5.92 Å². The summed E-state index contributed by atoms with van der Waals surface area (Å²) in [5.41, 5.74) is 0. The van der Waals surface area contributed by atoms with Gasteiger partial charge in [0, 0.05) is 6.42 Å². The SMILES string of the molecule is CC(C)[C@H](NCC(=O)N[C@@H](CCC(=O)O)C(=O)O)C(=O)O. The van der Waals surface area contributed by atoms with E-state index in [2.05, 4.69) is 10.6 Å².